The number of amides is 1. The molecule has 0 spiro atoms. The molecule has 0 radical (unpaired) electrons. The molecule has 9 heteroatoms. The minimum Gasteiger partial charge on any atom is -0.359 e. The van der Waals surface area contributed by atoms with Crippen LogP contribution in [0.5, 0.6) is 0 Å². The number of rotatable bonds is 4. The summed E-state index contributed by atoms with van der Waals surface area (Å²) in [7, 11) is 1.71. The third kappa shape index (κ3) is 4.76. The van der Waals surface area contributed by atoms with Crippen LogP contribution in [-0.4, -0.2) is 47.5 Å². The van der Waals surface area contributed by atoms with Gasteiger partial charge in [0.05, 0.1) is 17.3 Å². The van der Waals surface area contributed by atoms with Crippen molar-refractivity contribution < 1.29 is 22.4 Å². The van der Waals surface area contributed by atoms with Crippen LogP contribution in [0.15, 0.2) is 36.8 Å². The van der Waals surface area contributed by atoms with Crippen molar-refractivity contribution >= 4 is 11.7 Å². The first kappa shape index (κ1) is 20.0. The molecule has 1 aliphatic heterocycles. The van der Waals surface area contributed by atoms with Gasteiger partial charge in [-0.3, -0.25) is 9.78 Å². The molecule has 0 saturated carbocycles. The standard InChI is InChI=1S/C19H20F4N4O/c1-26(17-9-15(2-5-25-17)19(21,22)23)12-13-3-6-27(7-4-13)18(28)14-8-16(20)11-24-10-14/h2,5,8-11,13H,3-4,6-7,12H2,1H3. The van der Waals surface area contributed by atoms with Crippen molar-refractivity contribution in [3.8, 4) is 0 Å². The van der Waals surface area contributed by atoms with E-state index in [1.54, 1.807) is 16.8 Å². The molecule has 0 N–H and O–H groups in total. The Morgan fingerprint density at radius 2 is 1.96 bits per heavy atom. The average molecular weight is 396 g/mol. The van der Waals surface area contributed by atoms with Crippen molar-refractivity contribution in [2.24, 2.45) is 5.92 Å². The summed E-state index contributed by atoms with van der Waals surface area (Å²) in [5.74, 6) is -0.343. The first-order chi connectivity index (χ1) is 13.2. The molecule has 3 rings (SSSR count). The third-order valence-corrected chi connectivity index (χ3v) is 4.85. The lowest BCUT2D eigenvalue weighted by atomic mass is 9.96. The number of anilines is 1. The van der Waals surface area contributed by atoms with Crippen molar-refractivity contribution in [2.75, 3.05) is 31.6 Å². The van der Waals surface area contributed by atoms with Gasteiger partial charge in [-0.2, -0.15) is 13.2 Å². The SMILES string of the molecule is CN(CC1CCN(C(=O)c2cncc(F)c2)CC1)c1cc(C(F)(F)F)ccn1. The molecule has 2 aromatic rings. The number of hydrogen-bond acceptors (Lipinski definition) is 4. The topological polar surface area (TPSA) is 49.3 Å². The van der Waals surface area contributed by atoms with E-state index in [4.69, 9.17) is 0 Å². The fourth-order valence-corrected chi connectivity index (χ4v) is 3.31. The molecule has 1 aliphatic rings. The second kappa shape index (κ2) is 8.12. The van der Waals surface area contributed by atoms with Gasteiger partial charge >= 0.3 is 6.18 Å². The van der Waals surface area contributed by atoms with Crippen LogP contribution in [0, 0.1) is 11.7 Å². The number of hydrogen-bond donors (Lipinski definition) is 0. The van der Waals surface area contributed by atoms with Gasteiger partial charge < -0.3 is 9.80 Å². The number of pyridine rings is 2. The number of piperidine rings is 1. The van der Waals surface area contributed by atoms with Crippen LogP contribution in [0.25, 0.3) is 0 Å². The summed E-state index contributed by atoms with van der Waals surface area (Å²) in [5, 5.41) is 0. The van der Waals surface area contributed by atoms with Crippen molar-refractivity contribution in [1.82, 2.24) is 14.9 Å². The number of likely N-dealkylation sites (tertiary alicyclic amines) is 1. The molecule has 2 aromatic heterocycles. The highest BCUT2D eigenvalue weighted by Crippen LogP contribution is 2.31. The van der Waals surface area contributed by atoms with Gasteiger partial charge in [0.25, 0.3) is 5.91 Å². The summed E-state index contributed by atoms with van der Waals surface area (Å²) in [4.78, 5) is 23.5. The van der Waals surface area contributed by atoms with Crippen molar-refractivity contribution in [1.29, 1.82) is 0 Å². The van der Waals surface area contributed by atoms with E-state index in [1.165, 1.54) is 6.20 Å². The van der Waals surface area contributed by atoms with E-state index in [0.29, 0.717) is 32.5 Å². The predicted molar refractivity (Wildman–Crippen MR) is 95.3 cm³/mol. The number of carbonyl (C=O) groups excluding carboxylic acids is 1. The maximum Gasteiger partial charge on any atom is 0.416 e. The molecule has 5 nitrogen and oxygen atoms in total. The average Bonchev–Trinajstić information content (AvgIpc) is 2.67. The lowest BCUT2D eigenvalue weighted by Gasteiger charge is -2.34. The van der Waals surface area contributed by atoms with Crippen molar-refractivity contribution in [3.63, 3.8) is 0 Å². The van der Waals surface area contributed by atoms with Gasteiger partial charge in [0, 0.05) is 39.1 Å². The molecular formula is C19H20F4N4O. The maximum absolute atomic E-state index is 13.2. The zero-order valence-electron chi connectivity index (χ0n) is 15.3. The summed E-state index contributed by atoms with van der Waals surface area (Å²) >= 11 is 0. The van der Waals surface area contributed by atoms with Crippen molar-refractivity contribution in [2.45, 2.75) is 19.0 Å². The highest BCUT2D eigenvalue weighted by atomic mass is 19.4. The van der Waals surface area contributed by atoms with E-state index < -0.39 is 17.6 Å². The van der Waals surface area contributed by atoms with Crippen LogP contribution in [0.4, 0.5) is 23.4 Å². The number of carbonyl (C=O) groups is 1. The summed E-state index contributed by atoms with van der Waals surface area (Å²) in [6.07, 6.45) is 0.541. The first-order valence-electron chi connectivity index (χ1n) is 8.88. The molecule has 0 unspecified atom stereocenters. The Hall–Kier alpha value is -2.71. The highest BCUT2D eigenvalue weighted by molar-refractivity contribution is 5.93. The molecular weight excluding hydrogens is 376 g/mol. The van der Waals surface area contributed by atoms with Gasteiger partial charge in [-0.15, -0.1) is 0 Å². The van der Waals surface area contributed by atoms with Gasteiger partial charge in [-0.25, -0.2) is 9.37 Å². The largest absolute Gasteiger partial charge is 0.416 e. The van der Waals surface area contributed by atoms with Gasteiger partial charge in [-0.05, 0) is 37.0 Å². The predicted octanol–water partition coefficient (Wildman–Crippen LogP) is 3.62. The molecule has 28 heavy (non-hydrogen) atoms. The Kier molecular flexibility index (Phi) is 5.81. The summed E-state index contributed by atoms with van der Waals surface area (Å²) < 4.78 is 51.8. The molecule has 3 heterocycles. The molecule has 1 saturated heterocycles. The second-order valence-electron chi connectivity index (χ2n) is 6.91. The third-order valence-electron chi connectivity index (χ3n) is 4.85. The van der Waals surface area contributed by atoms with Crippen LogP contribution in [0.2, 0.25) is 0 Å². The lowest BCUT2D eigenvalue weighted by molar-refractivity contribution is -0.137. The zero-order valence-corrected chi connectivity index (χ0v) is 15.3. The second-order valence-corrected chi connectivity index (χ2v) is 6.91. The monoisotopic (exact) mass is 396 g/mol. The quantitative estimate of drug-likeness (QED) is 0.741. The van der Waals surface area contributed by atoms with Crippen LogP contribution in [-0.2, 0) is 6.18 Å². The Labute approximate surface area is 160 Å². The van der Waals surface area contributed by atoms with E-state index in [9.17, 15) is 22.4 Å². The summed E-state index contributed by atoms with van der Waals surface area (Å²) in [6, 6.07) is 3.15. The van der Waals surface area contributed by atoms with Crippen LogP contribution in [0.3, 0.4) is 0 Å². The van der Waals surface area contributed by atoms with Gasteiger partial charge in [0.15, 0.2) is 0 Å². The van der Waals surface area contributed by atoms with E-state index in [0.717, 1.165) is 30.6 Å². The fourth-order valence-electron chi connectivity index (χ4n) is 3.31. The first-order valence-corrected chi connectivity index (χ1v) is 8.88. The minimum absolute atomic E-state index is 0.212. The Morgan fingerprint density at radius 3 is 2.61 bits per heavy atom. The number of alkyl halides is 3. The zero-order chi connectivity index (χ0) is 20.3. The van der Waals surface area contributed by atoms with Crippen LogP contribution in [0.1, 0.15) is 28.8 Å². The van der Waals surface area contributed by atoms with Gasteiger partial charge in [-0.1, -0.05) is 0 Å². The van der Waals surface area contributed by atoms with Crippen LogP contribution >= 0.6 is 0 Å². The number of nitrogens with zero attached hydrogens (tertiary/aromatic N) is 4. The van der Waals surface area contributed by atoms with Gasteiger partial charge in [0.2, 0.25) is 0 Å². The molecule has 0 aromatic carbocycles. The normalized spacial score (nSPS) is 15.5. The molecule has 1 fully saturated rings. The van der Waals surface area contributed by atoms with Crippen molar-refractivity contribution in [3.05, 3.63) is 53.7 Å². The Morgan fingerprint density at radius 1 is 1.25 bits per heavy atom. The Balaban J connectivity index is 1.56. The van der Waals surface area contributed by atoms with E-state index in [2.05, 4.69) is 9.97 Å². The Bertz CT molecular complexity index is 835. The number of aromatic nitrogens is 2. The van der Waals surface area contributed by atoms with E-state index in [-0.39, 0.29) is 23.2 Å². The number of halogens is 4. The highest BCUT2D eigenvalue weighted by Gasteiger charge is 2.31. The van der Waals surface area contributed by atoms with E-state index >= 15 is 0 Å². The maximum atomic E-state index is 13.2. The molecule has 0 aliphatic carbocycles. The summed E-state index contributed by atoms with van der Waals surface area (Å²) in [6.45, 7) is 1.55. The van der Waals surface area contributed by atoms with Gasteiger partial charge in [0.1, 0.15) is 11.6 Å². The molecule has 150 valence electrons. The lowest BCUT2D eigenvalue weighted by Crippen LogP contribution is -2.41. The summed E-state index contributed by atoms with van der Waals surface area (Å²) in [5.41, 5.74) is -0.516. The fraction of sp³-hybridized carbons (Fsp3) is 0.421. The van der Waals surface area contributed by atoms with E-state index in [1.807, 2.05) is 0 Å². The van der Waals surface area contributed by atoms with Crippen LogP contribution < -0.4 is 4.90 Å². The molecule has 0 bridgehead atoms. The molecule has 0 atom stereocenters. The minimum atomic E-state index is -4.41. The smallest absolute Gasteiger partial charge is 0.359 e. The molecule has 1 amide bonds.